The lowest BCUT2D eigenvalue weighted by atomic mass is 10.2. The third-order valence-electron chi connectivity index (χ3n) is 3.97. The van der Waals surface area contributed by atoms with Gasteiger partial charge in [0, 0.05) is 16.7 Å². The second-order valence-corrected chi connectivity index (χ2v) is 8.92. The summed E-state index contributed by atoms with van der Waals surface area (Å²) in [7, 11) is 3.32. The number of hydrogen-bond donors (Lipinski definition) is 1. The Bertz CT molecular complexity index is 1100. The molecule has 0 saturated carbocycles. The van der Waals surface area contributed by atoms with Crippen LogP contribution >= 0.6 is 34.4 Å². The molecule has 0 atom stereocenters. The smallest absolute Gasteiger partial charge is 0.210 e. The zero-order valence-corrected chi connectivity index (χ0v) is 18.2. The highest BCUT2D eigenvalue weighted by Gasteiger charge is 2.10. The van der Waals surface area contributed by atoms with Crippen LogP contribution in [0.25, 0.3) is 10.6 Å². The largest absolute Gasteiger partial charge is 0.497 e. The van der Waals surface area contributed by atoms with Gasteiger partial charge in [-0.25, -0.2) is 4.98 Å². The molecule has 0 fully saturated rings. The fraction of sp³-hybridized carbons (Fsp3) is 0.150. The Hall–Kier alpha value is -2.62. The maximum absolute atomic E-state index is 5.36. The van der Waals surface area contributed by atoms with Gasteiger partial charge in [0.25, 0.3) is 0 Å². The average Bonchev–Trinajstić information content (AvgIpc) is 3.42. The lowest BCUT2D eigenvalue weighted by Gasteiger charge is -2.07. The second-order valence-electron chi connectivity index (χ2n) is 5.86. The maximum Gasteiger partial charge on any atom is 0.210 e. The molecule has 0 saturated heterocycles. The van der Waals surface area contributed by atoms with E-state index in [0.717, 1.165) is 48.7 Å². The molecule has 29 heavy (non-hydrogen) atoms. The molecule has 0 amide bonds. The van der Waals surface area contributed by atoms with E-state index in [1.807, 2.05) is 48.5 Å². The molecule has 2 aromatic heterocycles. The van der Waals surface area contributed by atoms with Crippen molar-refractivity contribution in [2.45, 2.75) is 10.1 Å². The molecule has 2 aromatic carbocycles. The zero-order chi connectivity index (χ0) is 20.1. The number of thiazole rings is 1. The standard InChI is InChI=1S/C20H18N4O2S3/c1-25-15-7-5-6-13(10-15)18-21-14(11-27-18)12-28-20-24-23-19(29-20)22-16-8-3-4-9-17(16)26-2/h3-11H,12H2,1-2H3,(H,22,23). The van der Waals surface area contributed by atoms with Crippen molar-refractivity contribution < 1.29 is 9.47 Å². The monoisotopic (exact) mass is 442 g/mol. The first-order valence-electron chi connectivity index (χ1n) is 8.70. The summed E-state index contributed by atoms with van der Waals surface area (Å²) in [5.74, 6) is 2.34. The number of para-hydroxylation sites is 2. The Morgan fingerprint density at radius 1 is 1.03 bits per heavy atom. The fourth-order valence-corrected chi connectivity index (χ4v) is 5.16. The molecule has 4 aromatic rings. The van der Waals surface area contributed by atoms with Crippen LogP contribution in [0, 0.1) is 0 Å². The molecule has 0 aliphatic heterocycles. The topological polar surface area (TPSA) is 69.2 Å². The van der Waals surface area contributed by atoms with Crippen molar-refractivity contribution in [2.24, 2.45) is 0 Å². The van der Waals surface area contributed by atoms with Gasteiger partial charge >= 0.3 is 0 Å². The molecule has 1 N–H and O–H groups in total. The number of nitrogens with one attached hydrogen (secondary N) is 1. The molecule has 0 radical (unpaired) electrons. The van der Waals surface area contributed by atoms with Gasteiger partial charge in [-0.15, -0.1) is 21.5 Å². The Labute approximate surface area is 181 Å². The molecule has 0 aliphatic carbocycles. The lowest BCUT2D eigenvalue weighted by Crippen LogP contribution is -1.93. The normalized spacial score (nSPS) is 10.7. The summed E-state index contributed by atoms with van der Waals surface area (Å²) in [4.78, 5) is 4.73. The molecule has 0 bridgehead atoms. The van der Waals surface area contributed by atoms with Gasteiger partial charge in [-0.05, 0) is 24.3 Å². The zero-order valence-electron chi connectivity index (χ0n) is 15.8. The van der Waals surface area contributed by atoms with Gasteiger partial charge in [0.2, 0.25) is 5.13 Å². The summed E-state index contributed by atoms with van der Waals surface area (Å²) in [6.07, 6.45) is 0. The minimum absolute atomic E-state index is 0.729. The van der Waals surface area contributed by atoms with Crippen LogP contribution in [-0.4, -0.2) is 29.4 Å². The molecule has 6 nitrogen and oxygen atoms in total. The number of ether oxygens (including phenoxy) is 2. The highest BCUT2D eigenvalue weighted by Crippen LogP contribution is 2.34. The van der Waals surface area contributed by atoms with E-state index in [4.69, 9.17) is 14.5 Å². The summed E-state index contributed by atoms with van der Waals surface area (Å²) in [5.41, 5.74) is 2.95. The highest BCUT2D eigenvalue weighted by molar-refractivity contribution is 8.00. The van der Waals surface area contributed by atoms with Crippen LogP contribution in [0.5, 0.6) is 11.5 Å². The van der Waals surface area contributed by atoms with Gasteiger partial charge in [0.1, 0.15) is 16.5 Å². The van der Waals surface area contributed by atoms with E-state index in [-0.39, 0.29) is 0 Å². The molecule has 0 aliphatic rings. The Balaban J connectivity index is 1.38. The maximum atomic E-state index is 5.36. The molecular weight excluding hydrogens is 424 g/mol. The Kier molecular flexibility index (Phi) is 6.28. The van der Waals surface area contributed by atoms with E-state index in [2.05, 4.69) is 20.9 Å². The number of rotatable bonds is 8. The Morgan fingerprint density at radius 2 is 1.93 bits per heavy atom. The summed E-state index contributed by atoms with van der Waals surface area (Å²) >= 11 is 4.76. The predicted molar refractivity (Wildman–Crippen MR) is 120 cm³/mol. The average molecular weight is 443 g/mol. The SMILES string of the molecule is COc1cccc(-c2nc(CSc3nnc(Nc4ccccc4OC)s3)cs2)c1. The number of hydrogen-bond acceptors (Lipinski definition) is 9. The number of anilines is 2. The molecular formula is C20H18N4O2S3. The van der Waals surface area contributed by atoms with Gasteiger partial charge in [-0.1, -0.05) is 47.4 Å². The molecule has 9 heteroatoms. The minimum Gasteiger partial charge on any atom is -0.497 e. The van der Waals surface area contributed by atoms with E-state index in [1.54, 1.807) is 37.3 Å². The molecule has 0 unspecified atom stereocenters. The first-order valence-corrected chi connectivity index (χ1v) is 11.4. The number of benzene rings is 2. The van der Waals surface area contributed by atoms with Crippen LogP contribution < -0.4 is 14.8 Å². The summed E-state index contributed by atoms with van der Waals surface area (Å²) < 4.78 is 11.5. The quantitative estimate of drug-likeness (QED) is 0.350. The van der Waals surface area contributed by atoms with E-state index in [1.165, 1.54) is 11.3 Å². The van der Waals surface area contributed by atoms with Crippen molar-refractivity contribution in [3.8, 4) is 22.1 Å². The predicted octanol–water partition coefficient (Wildman–Crippen LogP) is 5.71. The van der Waals surface area contributed by atoms with E-state index < -0.39 is 0 Å². The third kappa shape index (κ3) is 4.87. The van der Waals surface area contributed by atoms with Gasteiger partial charge in [0.15, 0.2) is 4.34 Å². The lowest BCUT2D eigenvalue weighted by molar-refractivity contribution is 0.415. The van der Waals surface area contributed by atoms with Crippen LogP contribution in [0.15, 0.2) is 58.3 Å². The van der Waals surface area contributed by atoms with Gasteiger partial charge < -0.3 is 14.8 Å². The van der Waals surface area contributed by atoms with Crippen molar-refractivity contribution >= 4 is 45.3 Å². The highest BCUT2D eigenvalue weighted by atomic mass is 32.2. The minimum atomic E-state index is 0.729. The first kappa shape index (κ1) is 19.7. The van der Waals surface area contributed by atoms with E-state index in [9.17, 15) is 0 Å². The van der Waals surface area contributed by atoms with Crippen LogP contribution in [0.4, 0.5) is 10.8 Å². The molecule has 4 rings (SSSR count). The second kappa shape index (κ2) is 9.25. The van der Waals surface area contributed by atoms with Gasteiger partial charge in [0.05, 0.1) is 25.6 Å². The summed E-state index contributed by atoms with van der Waals surface area (Å²) in [6.45, 7) is 0. The molecule has 0 spiro atoms. The van der Waals surface area contributed by atoms with E-state index >= 15 is 0 Å². The van der Waals surface area contributed by atoms with Crippen molar-refractivity contribution in [3.63, 3.8) is 0 Å². The van der Waals surface area contributed by atoms with Crippen LogP contribution in [0.1, 0.15) is 5.69 Å². The molecule has 148 valence electrons. The van der Waals surface area contributed by atoms with Crippen LogP contribution in [0.3, 0.4) is 0 Å². The number of nitrogens with zero attached hydrogens (tertiary/aromatic N) is 3. The number of aromatic nitrogens is 3. The van der Waals surface area contributed by atoms with Crippen molar-refractivity contribution in [1.82, 2.24) is 15.2 Å². The fourth-order valence-electron chi connectivity index (χ4n) is 2.58. The van der Waals surface area contributed by atoms with Gasteiger partial charge in [-0.3, -0.25) is 0 Å². The Morgan fingerprint density at radius 3 is 2.79 bits per heavy atom. The van der Waals surface area contributed by atoms with E-state index in [0.29, 0.717) is 0 Å². The summed E-state index contributed by atoms with van der Waals surface area (Å²) in [5, 5.41) is 15.5. The van der Waals surface area contributed by atoms with Gasteiger partial charge in [-0.2, -0.15) is 0 Å². The van der Waals surface area contributed by atoms with Crippen LogP contribution in [0.2, 0.25) is 0 Å². The van der Waals surface area contributed by atoms with Crippen molar-refractivity contribution in [1.29, 1.82) is 0 Å². The first-order chi connectivity index (χ1) is 14.2. The third-order valence-corrected chi connectivity index (χ3v) is 6.91. The van der Waals surface area contributed by atoms with Crippen molar-refractivity contribution in [3.05, 3.63) is 59.6 Å². The number of methoxy groups -OCH3 is 2. The van der Waals surface area contributed by atoms with Crippen LogP contribution in [-0.2, 0) is 5.75 Å². The number of thioether (sulfide) groups is 1. The van der Waals surface area contributed by atoms with Crippen molar-refractivity contribution in [2.75, 3.05) is 19.5 Å². The summed E-state index contributed by atoms with van der Waals surface area (Å²) in [6, 6.07) is 15.7. The molecule has 2 heterocycles.